The Bertz CT molecular complexity index is 527. The van der Waals surface area contributed by atoms with Gasteiger partial charge in [-0.3, -0.25) is 0 Å². The minimum absolute atomic E-state index is 0.0429. The molecule has 1 rings (SSSR count). The molecule has 0 aliphatic rings. The molecule has 0 saturated heterocycles. The van der Waals surface area contributed by atoms with Crippen molar-refractivity contribution in [3.05, 3.63) is 29.8 Å². The predicted molar refractivity (Wildman–Crippen MR) is 91.1 cm³/mol. The van der Waals surface area contributed by atoms with Crippen LogP contribution in [-0.2, 0) is 10.0 Å². The monoisotopic (exact) mass is 330 g/mol. The van der Waals surface area contributed by atoms with Gasteiger partial charge in [0.25, 0.3) is 0 Å². The summed E-state index contributed by atoms with van der Waals surface area (Å²) < 4.78 is 27.4. The number of sulfonamides is 1. The van der Waals surface area contributed by atoms with Crippen LogP contribution in [0.5, 0.6) is 0 Å². The lowest BCUT2D eigenvalue weighted by molar-refractivity contribution is 0.522. The minimum atomic E-state index is -3.47. The van der Waals surface area contributed by atoms with Crippen LogP contribution in [0.3, 0.4) is 0 Å². The lowest BCUT2D eigenvalue weighted by Crippen LogP contribution is -2.39. The zero-order valence-electron chi connectivity index (χ0n) is 13.2. The minimum Gasteiger partial charge on any atom is -0.324 e. The van der Waals surface area contributed by atoms with Gasteiger partial charge in [0.15, 0.2) is 0 Å². The molecule has 0 saturated carbocycles. The van der Waals surface area contributed by atoms with Crippen molar-refractivity contribution in [3.8, 4) is 0 Å². The van der Waals surface area contributed by atoms with Crippen LogP contribution < -0.4 is 10.5 Å². The third-order valence-electron chi connectivity index (χ3n) is 4.02. The first kappa shape index (κ1) is 18.5. The Morgan fingerprint density at radius 2 is 1.76 bits per heavy atom. The number of benzene rings is 1. The van der Waals surface area contributed by atoms with Crippen LogP contribution in [0.25, 0.3) is 0 Å². The zero-order valence-corrected chi connectivity index (χ0v) is 14.9. The lowest BCUT2D eigenvalue weighted by Gasteiger charge is -2.29. The van der Waals surface area contributed by atoms with Crippen molar-refractivity contribution in [2.24, 2.45) is 5.73 Å². The fourth-order valence-electron chi connectivity index (χ4n) is 2.12. The molecule has 0 aliphatic heterocycles. The predicted octanol–water partition coefficient (Wildman–Crippen LogP) is 2.91. The van der Waals surface area contributed by atoms with Crippen molar-refractivity contribution in [1.82, 2.24) is 4.72 Å². The average Bonchev–Trinajstić information content (AvgIpc) is 2.49. The maximum atomic E-state index is 12.4. The van der Waals surface area contributed by atoms with Gasteiger partial charge in [0, 0.05) is 17.3 Å². The Hall–Kier alpha value is -0.560. The number of hydrogen-bond acceptors (Lipinski definition) is 4. The number of nitrogens with one attached hydrogen (secondary N) is 1. The summed E-state index contributed by atoms with van der Waals surface area (Å²) in [7, 11) is -3.47. The van der Waals surface area contributed by atoms with Crippen LogP contribution in [0.4, 0.5) is 0 Å². The van der Waals surface area contributed by atoms with Gasteiger partial charge in [0.1, 0.15) is 0 Å². The second-order valence-electron chi connectivity index (χ2n) is 5.28. The number of thioether (sulfide) groups is 1. The fourth-order valence-corrected chi connectivity index (χ4v) is 4.13. The Balaban J connectivity index is 2.86. The highest BCUT2D eigenvalue weighted by Gasteiger charge is 2.27. The summed E-state index contributed by atoms with van der Waals surface area (Å²) in [6, 6.07) is 6.65. The van der Waals surface area contributed by atoms with E-state index in [1.54, 1.807) is 36.0 Å². The Kier molecular flexibility index (Phi) is 6.71. The Morgan fingerprint density at radius 3 is 2.14 bits per heavy atom. The molecule has 21 heavy (non-hydrogen) atoms. The van der Waals surface area contributed by atoms with Crippen LogP contribution in [0.15, 0.2) is 29.2 Å². The van der Waals surface area contributed by atoms with E-state index in [9.17, 15) is 8.42 Å². The number of hydrogen-bond donors (Lipinski definition) is 2. The van der Waals surface area contributed by atoms with E-state index in [0.717, 1.165) is 18.4 Å². The van der Waals surface area contributed by atoms with E-state index < -0.39 is 10.0 Å². The molecule has 1 aromatic carbocycles. The average molecular weight is 331 g/mol. The van der Waals surface area contributed by atoms with Gasteiger partial charge >= 0.3 is 0 Å². The van der Waals surface area contributed by atoms with Gasteiger partial charge < -0.3 is 5.73 Å². The molecule has 120 valence electrons. The van der Waals surface area contributed by atoms with Crippen LogP contribution in [-0.4, -0.2) is 26.0 Å². The molecule has 0 radical (unpaired) electrons. The molecule has 6 heteroatoms. The van der Waals surface area contributed by atoms with E-state index in [0.29, 0.717) is 6.54 Å². The normalized spacial score (nSPS) is 14.1. The third kappa shape index (κ3) is 4.71. The summed E-state index contributed by atoms with van der Waals surface area (Å²) in [6.07, 6.45) is 3.88. The first-order chi connectivity index (χ1) is 9.80. The largest absolute Gasteiger partial charge is 0.324 e. The second-order valence-corrected chi connectivity index (χ2v) is 8.32. The molecule has 0 fully saturated rings. The van der Waals surface area contributed by atoms with Crippen molar-refractivity contribution in [1.29, 1.82) is 0 Å². The molecule has 0 amide bonds. The molecular formula is C15H26N2O2S2. The topological polar surface area (TPSA) is 72.2 Å². The first-order valence-corrected chi connectivity index (χ1v) is 9.91. The molecule has 0 bridgehead atoms. The Labute approximate surface area is 132 Å². The molecule has 1 atom stereocenters. The molecule has 0 aromatic heterocycles. The molecule has 3 N–H and O–H groups in total. The fraction of sp³-hybridized carbons (Fsp3) is 0.600. The van der Waals surface area contributed by atoms with Crippen LogP contribution in [0.1, 0.15) is 45.2 Å². The first-order valence-electron chi connectivity index (χ1n) is 7.20. The standard InChI is InChI=1S/C15H26N2O2S2/c1-5-15(6-2,20-4)11-17-21(18,19)14-9-7-13(8-10-14)12(3)16/h7-10,12,17H,5-6,11,16H2,1-4H3. The summed E-state index contributed by atoms with van der Waals surface area (Å²) in [5, 5.41) is 0. The molecule has 0 spiro atoms. The summed E-state index contributed by atoms with van der Waals surface area (Å²) in [4.78, 5) is 0.286. The molecular weight excluding hydrogens is 304 g/mol. The number of nitrogens with two attached hydrogens (primary N) is 1. The van der Waals surface area contributed by atoms with Gasteiger partial charge in [-0.1, -0.05) is 26.0 Å². The van der Waals surface area contributed by atoms with Gasteiger partial charge in [-0.25, -0.2) is 13.1 Å². The van der Waals surface area contributed by atoms with E-state index in [-0.39, 0.29) is 15.7 Å². The van der Waals surface area contributed by atoms with Crippen molar-refractivity contribution < 1.29 is 8.42 Å². The van der Waals surface area contributed by atoms with E-state index in [1.807, 2.05) is 13.2 Å². The van der Waals surface area contributed by atoms with E-state index in [2.05, 4.69) is 18.6 Å². The van der Waals surface area contributed by atoms with E-state index in [4.69, 9.17) is 5.73 Å². The smallest absolute Gasteiger partial charge is 0.240 e. The SMILES string of the molecule is CCC(CC)(CNS(=O)(=O)c1ccc(C(C)N)cc1)SC. The van der Waals surface area contributed by atoms with Gasteiger partial charge in [-0.2, -0.15) is 11.8 Å². The van der Waals surface area contributed by atoms with E-state index >= 15 is 0 Å². The van der Waals surface area contributed by atoms with Crippen LogP contribution in [0, 0.1) is 0 Å². The maximum Gasteiger partial charge on any atom is 0.240 e. The van der Waals surface area contributed by atoms with Crippen molar-refractivity contribution in [2.75, 3.05) is 12.8 Å². The number of rotatable bonds is 8. The summed E-state index contributed by atoms with van der Waals surface area (Å²) >= 11 is 1.72. The van der Waals surface area contributed by atoms with Crippen molar-refractivity contribution in [3.63, 3.8) is 0 Å². The van der Waals surface area contributed by atoms with Crippen LogP contribution >= 0.6 is 11.8 Å². The summed E-state index contributed by atoms with van der Waals surface area (Å²) in [5.41, 5.74) is 6.70. The zero-order chi connectivity index (χ0) is 16.1. The summed E-state index contributed by atoms with van der Waals surface area (Å²) in [5.74, 6) is 0. The van der Waals surface area contributed by atoms with Crippen LogP contribution in [0.2, 0.25) is 0 Å². The molecule has 4 nitrogen and oxygen atoms in total. The van der Waals surface area contributed by atoms with E-state index in [1.165, 1.54) is 0 Å². The molecule has 1 aromatic rings. The lowest BCUT2D eigenvalue weighted by atomic mass is 10.0. The molecule has 0 aliphatic carbocycles. The van der Waals surface area contributed by atoms with Gasteiger partial charge in [0.05, 0.1) is 4.90 Å². The molecule has 1 unspecified atom stereocenters. The summed E-state index contributed by atoms with van der Waals surface area (Å²) in [6.45, 7) is 6.49. The highest BCUT2D eigenvalue weighted by molar-refractivity contribution is 8.00. The maximum absolute atomic E-state index is 12.4. The Morgan fingerprint density at radius 1 is 1.24 bits per heavy atom. The molecule has 0 heterocycles. The van der Waals surface area contributed by atoms with Crippen molar-refractivity contribution in [2.45, 2.75) is 49.3 Å². The van der Waals surface area contributed by atoms with Gasteiger partial charge in [-0.05, 0) is 43.7 Å². The third-order valence-corrected chi connectivity index (χ3v) is 7.03. The quantitative estimate of drug-likeness (QED) is 0.769. The second kappa shape index (κ2) is 7.63. The highest BCUT2D eigenvalue weighted by atomic mass is 32.2. The highest BCUT2D eigenvalue weighted by Crippen LogP contribution is 2.30. The van der Waals surface area contributed by atoms with Crippen molar-refractivity contribution >= 4 is 21.8 Å². The van der Waals surface area contributed by atoms with Gasteiger partial charge in [0.2, 0.25) is 10.0 Å². The van der Waals surface area contributed by atoms with Gasteiger partial charge in [-0.15, -0.1) is 0 Å².